The molecule has 0 N–H and O–H groups in total. The summed E-state index contributed by atoms with van der Waals surface area (Å²) in [5.41, 5.74) is 6.99. The fourth-order valence-electron chi connectivity index (χ4n) is 4.73. The Balaban J connectivity index is 1.72. The Hall–Kier alpha value is -3.59. The molecule has 4 aromatic rings. The van der Waals surface area contributed by atoms with Gasteiger partial charge in [-0.2, -0.15) is 0 Å². The van der Waals surface area contributed by atoms with Crippen LogP contribution in [0.4, 0.5) is 4.79 Å². The van der Waals surface area contributed by atoms with E-state index in [1.165, 1.54) is 22.3 Å². The highest BCUT2D eigenvalue weighted by Gasteiger charge is 2.35. The van der Waals surface area contributed by atoms with Gasteiger partial charge < -0.3 is 9.47 Å². The molecule has 0 amide bonds. The van der Waals surface area contributed by atoms with Gasteiger partial charge in [-0.05, 0) is 57.6 Å². The highest BCUT2D eigenvalue weighted by Crippen LogP contribution is 2.50. The van der Waals surface area contributed by atoms with Gasteiger partial charge in [-0.3, -0.25) is 0 Å². The third kappa shape index (κ3) is 3.09. The fourth-order valence-corrected chi connectivity index (χ4v) is 4.73. The average molecular weight is 408 g/mol. The summed E-state index contributed by atoms with van der Waals surface area (Å²) in [4.78, 5) is 12.1. The van der Waals surface area contributed by atoms with Crippen molar-refractivity contribution in [2.24, 2.45) is 0 Å². The van der Waals surface area contributed by atoms with Gasteiger partial charge in [-0.1, -0.05) is 80.6 Å². The van der Waals surface area contributed by atoms with Crippen LogP contribution < -0.4 is 4.74 Å². The first-order valence-corrected chi connectivity index (χ1v) is 10.6. The molecule has 0 aliphatic heterocycles. The number of ether oxygens (including phenoxy) is 2. The topological polar surface area (TPSA) is 35.5 Å². The molecule has 0 fully saturated rings. The molecular formula is C28H24O3. The Morgan fingerprint density at radius 2 is 1.58 bits per heavy atom. The van der Waals surface area contributed by atoms with Crippen LogP contribution in [-0.4, -0.2) is 12.8 Å². The Kier molecular flexibility index (Phi) is 4.55. The Bertz CT molecular complexity index is 1320. The maximum atomic E-state index is 12.1. The molecule has 1 aliphatic carbocycles. The van der Waals surface area contributed by atoms with Crippen molar-refractivity contribution in [2.45, 2.75) is 26.2 Å². The van der Waals surface area contributed by atoms with Crippen molar-refractivity contribution in [3.63, 3.8) is 0 Å². The molecule has 0 heterocycles. The van der Waals surface area contributed by atoms with Crippen LogP contribution in [0.5, 0.6) is 5.75 Å². The average Bonchev–Trinajstić information content (AvgIpc) is 3.01. The zero-order chi connectivity index (χ0) is 21.6. The number of fused-ring (bicyclic) bond motifs is 4. The summed E-state index contributed by atoms with van der Waals surface area (Å²) in [6.07, 6.45) is -0.687. The summed E-state index contributed by atoms with van der Waals surface area (Å²) >= 11 is 0. The second kappa shape index (κ2) is 7.28. The number of hydrogen-bond donors (Lipinski definition) is 0. The number of benzene rings is 4. The van der Waals surface area contributed by atoms with E-state index in [1.54, 1.807) is 6.92 Å². The summed E-state index contributed by atoms with van der Waals surface area (Å²) in [6, 6.07) is 27.1. The number of hydrogen-bond acceptors (Lipinski definition) is 3. The van der Waals surface area contributed by atoms with Crippen LogP contribution in [0.15, 0.2) is 78.9 Å². The predicted molar refractivity (Wildman–Crippen MR) is 125 cm³/mol. The lowest BCUT2D eigenvalue weighted by Gasteiger charge is -2.22. The molecule has 4 aromatic carbocycles. The van der Waals surface area contributed by atoms with Gasteiger partial charge >= 0.3 is 6.16 Å². The lowest BCUT2D eigenvalue weighted by Crippen LogP contribution is -2.15. The van der Waals surface area contributed by atoms with Gasteiger partial charge in [-0.15, -0.1) is 0 Å². The second-order valence-electron chi connectivity index (χ2n) is 8.38. The molecule has 154 valence electrons. The Labute approximate surface area is 182 Å². The van der Waals surface area contributed by atoms with Crippen LogP contribution in [0.25, 0.3) is 33.0 Å². The van der Waals surface area contributed by atoms with E-state index >= 15 is 0 Å². The minimum absolute atomic E-state index is 0.102. The number of carbonyl (C=O) groups is 1. The van der Waals surface area contributed by atoms with E-state index < -0.39 is 6.16 Å². The first kappa shape index (κ1) is 19.4. The van der Waals surface area contributed by atoms with Crippen molar-refractivity contribution in [2.75, 3.05) is 6.61 Å². The molecule has 0 saturated carbocycles. The first-order valence-electron chi connectivity index (χ1n) is 10.6. The van der Waals surface area contributed by atoms with Gasteiger partial charge in [-0.25, -0.2) is 4.79 Å². The SMILES string of the molecule is CCOC(=O)Oc1ccc2ccccc2c1-c1ccc2c(c1)C(C)(C)c1ccccc1-2. The van der Waals surface area contributed by atoms with Crippen molar-refractivity contribution in [1.29, 1.82) is 0 Å². The standard InChI is InChI=1S/C28H24O3/c1-4-30-27(29)31-25-16-14-18-9-5-6-10-20(18)26(25)19-13-15-22-21-11-7-8-12-23(21)28(2,3)24(22)17-19/h5-17H,4H2,1-3H3. The molecule has 0 radical (unpaired) electrons. The van der Waals surface area contributed by atoms with E-state index in [1.807, 2.05) is 24.3 Å². The van der Waals surface area contributed by atoms with E-state index in [2.05, 4.69) is 68.4 Å². The van der Waals surface area contributed by atoms with Gasteiger partial charge in [0.05, 0.1) is 6.61 Å². The predicted octanol–water partition coefficient (Wildman–Crippen LogP) is 7.35. The van der Waals surface area contributed by atoms with Crippen molar-refractivity contribution in [1.82, 2.24) is 0 Å². The molecule has 3 heteroatoms. The molecule has 1 aliphatic rings. The molecule has 0 atom stereocenters. The fraction of sp³-hybridized carbons (Fsp3) is 0.179. The normalized spacial score (nSPS) is 13.5. The third-order valence-corrected chi connectivity index (χ3v) is 6.22. The van der Waals surface area contributed by atoms with Gasteiger partial charge in [0.15, 0.2) is 0 Å². The van der Waals surface area contributed by atoms with E-state index in [-0.39, 0.29) is 12.0 Å². The van der Waals surface area contributed by atoms with E-state index in [4.69, 9.17) is 9.47 Å². The molecule has 0 bridgehead atoms. The van der Waals surface area contributed by atoms with Crippen LogP contribution in [-0.2, 0) is 10.2 Å². The smallest absolute Gasteiger partial charge is 0.434 e. The van der Waals surface area contributed by atoms with Crippen LogP contribution >= 0.6 is 0 Å². The molecule has 0 unspecified atom stereocenters. The molecule has 5 rings (SSSR count). The Morgan fingerprint density at radius 3 is 2.42 bits per heavy atom. The third-order valence-electron chi connectivity index (χ3n) is 6.22. The molecule has 0 spiro atoms. The number of carbonyl (C=O) groups excluding carboxylic acids is 1. The van der Waals surface area contributed by atoms with Gasteiger partial charge in [0, 0.05) is 11.0 Å². The molecule has 31 heavy (non-hydrogen) atoms. The summed E-state index contributed by atoms with van der Waals surface area (Å²) in [7, 11) is 0. The number of rotatable bonds is 3. The minimum Gasteiger partial charge on any atom is -0.434 e. The summed E-state index contributed by atoms with van der Waals surface area (Å²) in [5.74, 6) is 0.505. The van der Waals surface area contributed by atoms with Gasteiger partial charge in [0.1, 0.15) is 5.75 Å². The first-order chi connectivity index (χ1) is 15.0. The van der Waals surface area contributed by atoms with Crippen molar-refractivity contribution in [3.8, 4) is 28.0 Å². The molecule has 3 nitrogen and oxygen atoms in total. The minimum atomic E-state index is -0.687. The van der Waals surface area contributed by atoms with Crippen LogP contribution in [0, 0.1) is 0 Å². The summed E-state index contributed by atoms with van der Waals surface area (Å²) < 4.78 is 10.7. The van der Waals surface area contributed by atoms with Crippen molar-refractivity contribution >= 4 is 16.9 Å². The second-order valence-corrected chi connectivity index (χ2v) is 8.38. The lowest BCUT2D eigenvalue weighted by atomic mass is 9.81. The molecular weight excluding hydrogens is 384 g/mol. The van der Waals surface area contributed by atoms with Crippen molar-refractivity contribution < 1.29 is 14.3 Å². The molecule has 0 aromatic heterocycles. The van der Waals surface area contributed by atoms with Crippen LogP contribution in [0.2, 0.25) is 0 Å². The summed E-state index contributed by atoms with van der Waals surface area (Å²) in [6.45, 7) is 6.57. The van der Waals surface area contributed by atoms with E-state index in [9.17, 15) is 4.79 Å². The Morgan fingerprint density at radius 1 is 0.839 bits per heavy atom. The van der Waals surface area contributed by atoms with Crippen molar-refractivity contribution in [3.05, 3.63) is 90.0 Å². The summed E-state index contributed by atoms with van der Waals surface area (Å²) in [5, 5.41) is 2.13. The highest BCUT2D eigenvalue weighted by atomic mass is 16.7. The zero-order valence-electron chi connectivity index (χ0n) is 17.9. The molecule has 0 saturated heterocycles. The van der Waals surface area contributed by atoms with E-state index in [0.717, 1.165) is 21.9 Å². The maximum Gasteiger partial charge on any atom is 0.513 e. The largest absolute Gasteiger partial charge is 0.513 e. The maximum absolute atomic E-state index is 12.1. The van der Waals surface area contributed by atoms with Crippen LogP contribution in [0.1, 0.15) is 31.9 Å². The lowest BCUT2D eigenvalue weighted by molar-refractivity contribution is 0.104. The van der Waals surface area contributed by atoms with Gasteiger partial charge in [0.25, 0.3) is 0 Å². The zero-order valence-corrected chi connectivity index (χ0v) is 17.9. The highest BCUT2D eigenvalue weighted by molar-refractivity contribution is 6.01. The monoisotopic (exact) mass is 408 g/mol. The van der Waals surface area contributed by atoms with Crippen LogP contribution in [0.3, 0.4) is 0 Å². The van der Waals surface area contributed by atoms with E-state index in [0.29, 0.717) is 5.75 Å². The van der Waals surface area contributed by atoms with Gasteiger partial charge in [0.2, 0.25) is 0 Å². The quantitative estimate of drug-likeness (QED) is 0.263.